The van der Waals surface area contributed by atoms with E-state index in [2.05, 4.69) is 10.4 Å². The minimum absolute atomic E-state index is 0.253. The van der Waals surface area contributed by atoms with E-state index in [1.165, 1.54) is 4.40 Å². The van der Waals surface area contributed by atoms with E-state index >= 15 is 0 Å². The first-order chi connectivity index (χ1) is 15.6. The van der Waals surface area contributed by atoms with Crippen LogP contribution in [-0.4, -0.2) is 51.4 Å². The van der Waals surface area contributed by atoms with Crippen LogP contribution in [0.2, 0.25) is 0 Å². The molecule has 0 bridgehead atoms. The molecular weight excluding hydrogens is 410 g/mol. The zero-order chi connectivity index (χ0) is 22.1. The van der Waals surface area contributed by atoms with E-state index in [4.69, 9.17) is 15.0 Å². The fraction of sp³-hybridized carbons (Fsp3) is 0.227. The zero-order valence-corrected chi connectivity index (χ0v) is 17.1. The Labute approximate surface area is 182 Å². The summed E-state index contributed by atoms with van der Waals surface area (Å²) in [6.07, 6.45) is 0. The van der Waals surface area contributed by atoms with Gasteiger partial charge in [-0.25, -0.2) is 18.9 Å². The topological polar surface area (TPSA) is 118 Å². The number of ether oxygens (including phenoxy) is 1. The van der Waals surface area contributed by atoms with Gasteiger partial charge >= 0.3 is 5.69 Å². The second-order valence-electron chi connectivity index (χ2n) is 7.36. The number of fused-ring (bicyclic) bond motifs is 3. The van der Waals surface area contributed by atoms with Crippen LogP contribution in [0.25, 0.3) is 16.7 Å². The maximum absolute atomic E-state index is 13.2. The summed E-state index contributed by atoms with van der Waals surface area (Å²) in [5, 5.41) is 16.1. The zero-order valence-electron chi connectivity index (χ0n) is 17.1. The van der Waals surface area contributed by atoms with Crippen LogP contribution >= 0.6 is 0 Å². The van der Waals surface area contributed by atoms with Gasteiger partial charge in [0.2, 0.25) is 11.6 Å². The molecule has 1 saturated heterocycles. The lowest BCUT2D eigenvalue weighted by atomic mass is 10.2. The molecule has 2 aromatic carbocycles. The standard InChI is InChI=1S/C22H19N7O3/c23-13-15-5-7-16(8-6-15)24-19(30)14-28-22(31)29-18-4-2-1-3-17(18)25-20(21(29)26-28)27-9-11-32-12-10-27/h1-8H,9-12,14H2,(H,24,30). The van der Waals surface area contributed by atoms with Crippen LogP contribution in [0.5, 0.6) is 0 Å². The first-order valence-electron chi connectivity index (χ1n) is 10.1. The second kappa shape index (κ2) is 8.13. The van der Waals surface area contributed by atoms with Gasteiger partial charge in [-0.2, -0.15) is 5.26 Å². The number of nitriles is 1. The molecule has 4 aromatic rings. The van der Waals surface area contributed by atoms with Crippen molar-refractivity contribution in [2.24, 2.45) is 0 Å². The molecule has 1 aliphatic rings. The molecule has 32 heavy (non-hydrogen) atoms. The average molecular weight is 429 g/mol. The number of anilines is 2. The summed E-state index contributed by atoms with van der Waals surface area (Å²) in [5.74, 6) is 0.195. The Bertz CT molecular complexity index is 1410. The number of amides is 1. The van der Waals surface area contributed by atoms with E-state index in [1.54, 1.807) is 24.3 Å². The smallest absolute Gasteiger partial charge is 0.351 e. The lowest BCUT2D eigenvalue weighted by Crippen LogP contribution is -2.37. The van der Waals surface area contributed by atoms with Gasteiger partial charge in [-0.05, 0) is 36.4 Å². The van der Waals surface area contributed by atoms with Crippen molar-refractivity contribution in [2.45, 2.75) is 6.54 Å². The van der Waals surface area contributed by atoms with Gasteiger partial charge in [0.1, 0.15) is 6.54 Å². The van der Waals surface area contributed by atoms with Gasteiger partial charge in [0, 0.05) is 18.8 Å². The third kappa shape index (κ3) is 3.55. The molecule has 0 unspecified atom stereocenters. The third-order valence-electron chi connectivity index (χ3n) is 5.29. The SMILES string of the molecule is N#Cc1ccc(NC(=O)Cn2nc3c(N4CCOCC4)nc4ccccc4n3c2=O)cc1. The van der Waals surface area contributed by atoms with Crippen molar-refractivity contribution in [3.63, 3.8) is 0 Å². The highest BCUT2D eigenvalue weighted by Gasteiger charge is 2.22. The average Bonchev–Trinajstić information content (AvgIpc) is 3.15. The summed E-state index contributed by atoms with van der Waals surface area (Å²) in [5.41, 5.74) is 2.32. The van der Waals surface area contributed by atoms with Crippen LogP contribution < -0.4 is 15.9 Å². The third-order valence-corrected chi connectivity index (χ3v) is 5.29. The summed E-state index contributed by atoms with van der Waals surface area (Å²) >= 11 is 0. The summed E-state index contributed by atoms with van der Waals surface area (Å²) in [4.78, 5) is 32.6. The Balaban J connectivity index is 1.53. The maximum Gasteiger partial charge on any atom is 0.351 e. The van der Waals surface area contributed by atoms with Gasteiger partial charge in [0.05, 0.1) is 35.9 Å². The van der Waals surface area contributed by atoms with Gasteiger partial charge in [0.25, 0.3) is 0 Å². The van der Waals surface area contributed by atoms with Crippen molar-refractivity contribution in [3.8, 4) is 6.07 Å². The van der Waals surface area contributed by atoms with Crippen LogP contribution in [0, 0.1) is 11.3 Å². The molecule has 3 heterocycles. The van der Waals surface area contributed by atoms with Crippen molar-refractivity contribution < 1.29 is 9.53 Å². The number of nitrogens with one attached hydrogen (secondary N) is 1. The van der Waals surface area contributed by atoms with Crippen molar-refractivity contribution in [1.29, 1.82) is 5.26 Å². The monoisotopic (exact) mass is 429 g/mol. The Hall–Kier alpha value is -4.23. The molecule has 0 atom stereocenters. The minimum Gasteiger partial charge on any atom is -0.378 e. The van der Waals surface area contributed by atoms with Gasteiger partial charge in [0.15, 0.2) is 5.82 Å². The number of aromatic nitrogens is 4. The molecule has 10 nitrogen and oxygen atoms in total. The molecule has 0 saturated carbocycles. The fourth-order valence-corrected chi connectivity index (χ4v) is 3.74. The van der Waals surface area contributed by atoms with E-state index in [0.717, 1.165) is 4.68 Å². The number of rotatable bonds is 4. The number of hydrogen-bond donors (Lipinski definition) is 1. The Kier molecular flexibility index (Phi) is 5.01. The highest BCUT2D eigenvalue weighted by Crippen LogP contribution is 2.23. The number of benzene rings is 2. The number of carbonyl (C=O) groups excluding carboxylic acids is 1. The van der Waals surface area contributed by atoms with E-state index < -0.39 is 11.6 Å². The molecular formula is C22H19N7O3. The van der Waals surface area contributed by atoms with Gasteiger partial charge in [-0.3, -0.25) is 4.79 Å². The van der Waals surface area contributed by atoms with Crippen LogP contribution in [0.4, 0.5) is 11.5 Å². The predicted octanol–water partition coefficient (Wildman–Crippen LogP) is 1.39. The summed E-state index contributed by atoms with van der Waals surface area (Å²) in [7, 11) is 0. The molecule has 1 fully saturated rings. The highest BCUT2D eigenvalue weighted by atomic mass is 16.5. The summed E-state index contributed by atoms with van der Waals surface area (Å²) in [6, 6.07) is 15.9. The number of morpholine rings is 1. The van der Waals surface area contributed by atoms with Gasteiger partial charge in [-0.1, -0.05) is 12.1 Å². The van der Waals surface area contributed by atoms with Crippen LogP contribution in [0.15, 0.2) is 53.3 Å². The van der Waals surface area contributed by atoms with Crippen LogP contribution in [0.3, 0.4) is 0 Å². The first kappa shape index (κ1) is 19.7. The van der Waals surface area contributed by atoms with E-state index in [0.29, 0.717) is 60.1 Å². The molecule has 160 valence electrons. The fourth-order valence-electron chi connectivity index (χ4n) is 3.74. The van der Waals surface area contributed by atoms with E-state index in [-0.39, 0.29) is 6.54 Å². The van der Waals surface area contributed by atoms with Gasteiger partial charge < -0.3 is 15.0 Å². The molecule has 0 spiro atoms. The van der Waals surface area contributed by atoms with Gasteiger partial charge in [-0.15, -0.1) is 5.10 Å². The van der Waals surface area contributed by atoms with E-state index in [1.807, 2.05) is 35.2 Å². The lowest BCUT2D eigenvalue weighted by molar-refractivity contribution is -0.117. The molecule has 10 heteroatoms. The first-order valence-corrected chi connectivity index (χ1v) is 10.1. The molecule has 1 amide bonds. The molecule has 1 aliphatic heterocycles. The normalized spacial score (nSPS) is 13.9. The number of hydrogen-bond acceptors (Lipinski definition) is 7. The Morgan fingerprint density at radius 1 is 1.12 bits per heavy atom. The Morgan fingerprint density at radius 3 is 2.62 bits per heavy atom. The largest absolute Gasteiger partial charge is 0.378 e. The molecule has 0 aliphatic carbocycles. The number of para-hydroxylation sites is 2. The molecule has 0 radical (unpaired) electrons. The second-order valence-corrected chi connectivity index (χ2v) is 7.36. The Morgan fingerprint density at radius 2 is 1.88 bits per heavy atom. The van der Waals surface area contributed by atoms with Crippen LogP contribution in [-0.2, 0) is 16.1 Å². The quantitative estimate of drug-likeness (QED) is 0.521. The lowest BCUT2D eigenvalue weighted by Gasteiger charge is -2.27. The van der Waals surface area contributed by atoms with Crippen molar-refractivity contribution in [2.75, 3.05) is 36.5 Å². The van der Waals surface area contributed by atoms with Crippen LogP contribution in [0.1, 0.15) is 5.56 Å². The molecule has 2 aromatic heterocycles. The highest BCUT2D eigenvalue weighted by molar-refractivity contribution is 5.90. The van der Waals surface area contributed by atoms with Crippen molar-refractivity contribution in [1.82, 2.24) is 19.2 Å². The molecule has 5 rings (SSSR count). The number of nitrogens with zero attached hydrogens (tertiary/aromatic N) is 6. The minimum atomic E-state index is -0.414. The summed E-state index contributed by atoms with van der Waals surface area (Å²) < 4.78 is 8.09. The van der Waals surface area contributed by atoms with Crippen molar-refractivity contribution >= 4 is 34.1 Å². The predicted molar refractivity (Wildman–Crippen MR) is 118 cm³/mol. The number of carbonyl (C=O) groups is 1. The maximum atomic E-state index is 13.2. The van der Waals surface area contributed by atoms with Crippen molar-refractivity contribution in [3.05, 3.63) is 64.6 Å². The van der Waals surface area contributed by atoms with E-state index in [9.17, 15) is 9.59 Å². The molecule has 1 N–H and O–H groups in total. The summed E-state index contributed by atoms with van der Waals surface area (Å²) in [6.45, 7) is 2.16.